The molecule has 6 nitrogen and oxygen atoms in total. The van der Waals surface area contributed by atoms with Crippen molar-refractivity contribution in [2.24, 2.45) is 0 Å². The van der Waals surface area contributed by atoms with Crippen molar-refractivity contribution in [2.45, 2.75) is 38.9 Å². The SMILES string of the molecule is C#CC#CC#CC#CC.CC(=O)CCSC1CC(=O)N(CNC(C)=O)C1=O. The molecular formula is C20H20N2O4S. The van der Waals surface area contributed by atoms with Crippen molar-refractivity contribution in [3.05, 3.63) is 0 Å². The monoisotopic (exact) mass is 384 g/mol. The molecular weight excluding hydrogens is 364 g/mol. The third kappa shape index (κ3) is 11.2. The average Bonchev–Trinajstić information content (AvgIpc) is 2.87. The van der Waals surface area contributed by atoms with Gasteiger partial charge in [0.2, 0.25) is 17.7 Å². The zero-order chi connectivity index (χ0) is 20.7. The molecule has 0 saturated carbocycles. The number of hydrogen-bond acceptors (Lipinski definition) is 5. The van der Waals surface area contributed by atoms with Gasteiger partial charge in [0.15, 0.2) is 0 Å². The molecule has 0 spiro atoms. The van der Waals surface area contributed by atoms with Gasteiger partial charge in [0.25, 0.3) is 0 Å². The van der Waals surface area contributed by atoms with E-state index in [-0.39, 0.29) is 36.6 Å². The summed E-state index contributed by atoms with van der Waals surface area (Å²) in [6, 6.07) is 0. The Labute approximate surface area is 164 Å². The van der Waals surface area contributed by atoms with Gasteiger partial charge in [-0.3, -0.25) is 24.1 Å². The molecule has 0 radical (unpaired) electrons. The van der Waals surface area contributed by atoms with Crippen LogP contribution >= 0.6 is 11.8 Å². The largest absolute Gasteiger partial charge is 0.338 e. The first-order valence-electron chi connectivity index (χ1n) is 7.90. The van der Waals surface area contributed by atoms with Crippen LogP contribution in [0.2, 0.25) is 0 Å². The Morgan fingerprint density at radius 2 is 1.81 bits per heavy atom. The van der Waals surface area contributed by atoms with Crippen molar-refractivity contribution < 1.29 is 19.2 Å². The van der Waals surface area contributed by atoms with E-state index >= 15 is 0 Å². The number of likely N-dealkylation sites (tertiary alicyclic amines) is 1. The summed E-state index contributed by atoms with van der Waals surface area (Å²) in [7, 11) is 0. The van der Waals surface area contributed by atoms with Crippen molar-refractivity contribution in [2.75, 3.05) is 12.4 Å². The Kier molecular flexibility index (Phi) is 12.5. The molecule has 1 aliphatic rings. The van der Waals surface area contributed by atoms with Crippen molar-refractivity contribution in [1.29, 1.82) is 0 Å². The molecule has 1 saturated heterocycles. The van der Waals surface area contributed by atoms with Crippen LogP contribution in [0.5, 0.6) is 0 Å². The summed E-state index contributed by atoms with van der Waals surface area (Å²) in [5.41, 5.74) is 0. The Bertz CT molecular complexity index is 807. The minimum atomic E-state index is -0.425. The Hall–Kier alpha value is -3.13. The summed E-state index contributed by atoms with van der Waals surface area (Å²) < 4.78 is 0. The maximum Gasteiger partial charge on any atom is 0.244 e. The molecule has 0 aliphatic carbocycles. The minimum Gasteiger partial charge on any atom is -0.338 e. The van der Waals surface area contributed by atoms with E-state index in [0.29, 0.717) is 12.2 Å². The van der Waals surface area contributed by atoms with E-state index < -0.39 is 5.25 Å². The second kappa shape index (κ2) is 14.1. The molecule has 1 rings (SSSR count). The number of terminal acetylenes is 1. The van der Waals surface area contributed by atoms with Crippen LogP contribution in [0.15, 0.2) is 0 Å². The zero-order valence-corrected chi connectivity index (χ0v) is 16.3. The lowest BCUT2D eigenvalue weighted by Gasteiger charge is -2.14. The number of Topliss-reactive ketones (excluding diaryl/α,β-unsaturated/α-hetero) is 1. The van der Waals surface area contributed by atoms with Crippen LogP contribution in [0.1, 0.15) is 33.6 Å². The lowest BCUT2D eigenvalue weighted by atomic mass is 10.3. The number of hydrogen-bond donors (Lipinski definition) is 1. The van der Waals surface area contributed by atoms with E-state index in [0.717, 1.165) is 4.90 Å². The van der Waals surface area contributed by atoms with Crippen LogP contribution in [0.3, 0.4) is 0 Å². The highest BCUT2D eigenvalue weighted by Gasteiger charge is 2.38. The topological polar surface area (TPSA) is 83.6 Å². The van der Waals surface area contributed by atoms with E-state index in [1.54, 1.807) is 6.92 Å². The molecule has 7 heteroatoms. The second-order valence-electron chi connectivity index (χ2n) is 5.09. The fourth-order valence-electron chi connectivity index (χ4n) is 1.68. The first kappa shape index (κ1) is 23.9. The molecule has 3 amide bonds. The number of carbonyl (C=O) groups is 4. The van der Waals surface area contributed by atoms with Crippen molar-refractivity contribution >= 4 is 35.3 Å². The zero-order valence-electron chi connectivity index (χ0n) is 15.5. The lowest BCUT2D eigenvalue weighted by Crippen LogP contribution is -2.40. The van der Waals surface area contributed by atoms with E-state index in [1.165, 1.54) is 25.6 Å². The van der Waals surface area contributed by atoms with Crippen LogP contribution < -0.4 is 5.32 Å². The third-order valence-corrected chi connectivity index (χ3v) is 4.12. The standard InChI is InChI=1S/C11H16N2O4S.C9H4/c1-7(14)3-4-18-9-5-10(16)13(11(9)17)6-12-8(2)15;1-3-5-7-9-8-6-4-2/h9H,3-6H2,1-2H3,(H,12,15);1H,2H3. The fourth-order valence-corrected chi connectivity index (χ4v) is 2.90. The number of carbonyl (C=O) groups excluding carboxylic acids is 4. The molecule has 0 aromatic heterocycles. The van der Waals surface area contributed by atoms with Gasteiger partial charge >= 0.3 is 0 Å². The summed E-state index contributed by atoms with van der Waals surface area (Å²) in [5, 5.41) is 2.00. The van der Waals surface area contributed by atoms with E-state index in [1.807, 2.05) is 0 Å². The maximum absolute atomic E-state index is 11.9. The highest BCUT2D eigenvalue weighted by molar-refractivity contribution is 8.00. The predicted molar refractivity (Wildman–Crippen MR) is 105 cm³/mol. The molecule has 1 unspecified atom stereocenters. The summed E-state index contributed by atoms with van der Waals surface area (Å²) in [5.74, 6) is 16.7. The molecule has 0 bridgehead atoms. The Balaban J connectivity index is 0.000000636. The van der Waals surface area contributed by atoms with Gasteiger partial charge < -0.3 is 5.32 Å². The number of rotatable bonds is 6. The van der Waals surface area contributed by atoms with Gasteiger partial charge in [-0.05, 0) is 49.4 Å². The summed E-state index contributed by atoms with van der Waals surface area (Å²) in [6.45, 7) is 4.45. The van der Waals surface area contributed by atoms with Crippen LogP contribution in [-0.2, 0) is 19.2 Å². The minimum absolute atomic E-state index is 0.0642. The number of nitrogens with one attached hydrogen (secondary N) is 1. The molecule has 27 heavy (non-hydrogen) atoms. The van der Waals surface area contributed by atoms with Gasteiger partial charge in [0.1, 0.15) is 12.5 Å². The lowest BCUT2D eigenvalue weighted by molar-refractivity contribution is -0.139. The molecule has 0 aromatic rings. The second-order valence-corrected chi connectivity index (χ2v) is 6.40. The van der Waals surface area contributed by atoms with Crippen molar-refractivity contribution in [3.8, 4) is 47.9 Å². The highest BCUT2D eigenvalue weighted by atomic mass is 32.2. The van der Waals surface area contributed by atoms with Crippen molar-refractivity contribution in [3.63, 3.8) is 0 Å². The molecule has 1 heterocycles. The maximum atomic E-state index is 11.9. The first-order chi connectivity index (χ1) is 12.8. The van der Waals surface area contributed by atoms with Crippen LogP contribution in [-0.4, -0.2) is 46.1 Å². The normalized spacial score (nSPS) is 14.0. The molecule has 1 N–H and O–H groups in total. The number of ketones is 1. The van der Waals surface area contributed by atoms with Gasteiger partial charge in [-0.1, -0.05) is 5.92 Å². The summed E-state index contributed by atoms with van der Waals surface area (Å²) in [6.07, 6.45) is 5.35. The van der Waals surface area contributed by atoms with E-state index in [2.05, 4.69) is 46.8 Å². The smallest absolute Gasteiger partial charge is 0.244 e. The average molecular weight is 384 g/mol. The van der Waals surface area contributed by atoms with Crippen LogP contribution in [0.4, 0.5) is 0 Å². The van der Waals surface area contributed by atoms with Gasteiger partial charge in [-0.25, -0.2) is 0 Å². The van der Waals surface area contributed by atoms with Gasteiger partial charge in [0.05, 0.1) is 5.25 Å². The number of thioether (sulfide) groups is 1. The highest BCUT2D eigenvalue weighted by Crippen LogP contribution is 2.25. The number of amides is 3. The number of imide groups is 1. The summed E-state index contributed by atoms with van der Waals surface area (Å²) >= 11 is 1.32. The first-order valence-corrected chi connectivity index (χ1v) is 8.95. The molecule has 1 atom stereocenters. The van der Waals surface area contributed by atoms with Gasteiger partial charge in [0, 0.05) is 25.5 Å². The third-order valence-electron chi connectivity index (χ3n) is 2.91. The van der Waals surface area contributed by atoms with Gasteiger partial charge in [-0.2, -0.15) is 0 Å². The molecule has 1 aliphatic heterocycles. The molecule has 140 valence electrons. The Morgan fingerprint density at radius 3 is 2.37 bits per heavy atom. The predicted octanol–water partition coefficient (Wildman–Crippen LogP) is 0.569. The Morgan fingerprint density at radius 1 is 1.19 bits per heavy atom. The summed E-state index contributed by atoms with van der Waals surface area (Å²) in [4.78, 5) is 46.0. The van der Waals surface area contributed by atoms with E-state index in [4.69, 9.17) is 6.42 Å². The van der Waals surface area contributed by atoms with Crippen LogP contribution in [0.25, 0.3) is 0 Å². The fraction of sp³-hybridized carbons (Fsp3) is 0.400. The molecule has 0 aromatic carbocycles. The molecule has 1 fully saturated rings. The quantitative estimate of drug-likeness (QED) is 0.535. The van der Waals surface area contributed by atoms with Gasteiger partial charge in [-0.15, -0.1) is 18.2 Å². The number of nitrogens with zero attached hydrogens (tertiary/aromatic N) is 1. The van der Waals surface area contributed by atoms with E-state index in [9.17, 15) is 19.2 Å². The van der Waals surface area contributed by atoms with Crippen molar-refractivity contribution in [1.82, 2.24) is 10.2 Å². The van der Waals surface area contributed by atoms with Crippen LogP contribution in [0, 0.1) is 47.9 Å².